The fourth-order valence-corrected chi connectivity index (χ4v) is 6.85. The van der Waals surface area contributed by atoms with E-state index in [1.165, 1.54) is 0 Å². The van der Waals surface area contributed by atoms with Crippen molar-refractivity contribution >= 4 is 43.9 Å². The maximum atomic E-state index is 10.8. The predicted molar refractivity (Wildman–Crippen MR) is 192 cm³/mol. The Morgan fingerprint density at radius 3 is 1.56 bits per heavy atom. The number of furan rings is 2. The summed E-state index contributed by atoms with van der Waals surface area (Å²) in [5.41, 5.74) is 11.2. The van der Waals surface area contributed by atoms with Crippen LogP contribution < -0.4 is 0 Å². The molecule has 222 valence electrons. The lowest BCUT2D eigenvalue weighted by molar-refractivity contribution is 0.668. The number of nitrogens with zero attached hydrogens (tertiary/aromatic N) is 2. The third kappa shape index (κ3) is 4.36. The van der Waals surface area contributed by atoms with E-state index in [2.05, 4.69) is 48.5 Å². The molecule has 9 aromatic rings. The van der Waals surface area contributed by atoms with Gasteiger partial charge in [0.2, 0.25) is 0 Å². The van der Waals surface area contributed by atoms with E-state index in [4.69, 9.17) is 8.83 Å². The first-order valence-electron chi connectivity index (χ1n) is 15.7. The van der Waals surface area contributed by atoms with Crippen molar-refractivity contribution in [2.75, 3.05) is 0 Å². The van der Waals surface area contributed by atoms with E-state index in [-0.39, 0.29) is 0 Å². The maximum Gasteiger partial charge on any atom is 0.135 e. The largest absolute Gasteiger partial charge is 0.456 e. The Labute approximate surface area is 275 Å². The summed E-state index contributed by atoms with van der Waals surface area (Å²) in [6.07, 6.45) is 0. The number of para-hydroxylation sites is 2. The van der Waals surface area contributed by atoms with Gasteiger partial charge in [-0.15, -0.1) is 0 Å². The first-order valence-corrected chi connectivity index (χ1v) is 15.7. The predicted octanol–water partition coefficient (Wildman–Crippen LogP) is 11.9. The van der Waals surface area contributed by atoms with Gasteiger partial charge in [0.1, 0.15) is 28.4 Å². The van der Waals surface area contributed by atoms with Gasteiger partial charge in [0.05, 0.1) is 17.2 Å². The van der Waals surface area contributed by atoms with E-state index in [0.717, 1.165) is 77.3 Å². The molecule has 0 unspecified atom stereocenters. The molecule has 4 nitrogen and oxygen atoms in total. The zero-order valence-electron chi connectivity index (χ0n) is 25.6. The Hall–Kier alpha value is -6.88. The van der Waals surface area contributed by atoms with Crippen LogP contribution in [0.15, 0.2) is 154 Å². The molecular weight excluding hydrogens is 588 g/mol. The minimum atomic E-state index is 0.503. The summed E-state index contributed by atoms with van der Waals surface area (Å²) in [6, 6.07) is 53.2. The van der Waals surface area contributed by atoms with Gasteiger partial charge in [0.25, 0.3) is 0 Å². The third-order valence-electron chi connectivity index (χ3n) is 9.19. The van der Waals surface area contributed by atoms with Gasteiger partial charge in [-0.25, -0.2) is 0 Å². The highest BCUT2D eigenvalue weighted by Crippen LogP contribution is 2.42. The quantitative estimate of drug-likeness (QED) is 0.198. The van der Waals surface area contributed by atoms with Crippen LogP contribution in [-0.4, -0.2) is 0 Å². The molecule has 0 amide bonds. The smallest absolute Gasteiger partial charge is 0.135 e. The van der Waals surface area contributed by atoms with Crippen molar-refractivity contribution in [2.45, 2.75) is 0 Å². The molecule has 0 aliphatic rings. The summed E-state index contributed by atoms with van der Waals surface area (Å²) < 4.78 is 12.2. The molecule has 2 aromatic heterocycles. The van der Waals surface area contributed by atoms with Crippen LogP contribution in [-0.2, 0) is 0 Å². The molecule has 0 radical (unpaired) electrons. The van der Waals surface area contributed by atoms with E-state index in [0.29, 0.717) is 22.3 Å². The fourth-order valence-electron chi connectivity index (χ4n) is 6.85. The highest BCUT2D eigenvalue weighted by molar-refractivity contribution is 6.08. The Morgan fingerprint density at radius 1 is 0.354 bits per heavy atom. The summed E-state index contributed by atoms with van der Waals surface area (Å²) in [4.78, 5) is 0. The molecule has 0 aliphatic heterocycles. The second-order valence-corrected chi connectivity index (χ2v) is 11.9. The molecule has 0 bridgehead atoms. The molecule has 48 heavy (non-hydrogen) atoms. The second kappa shape index (κ2) is 10.9. The Kier molecular flexibility index (Phi) is 6.22. The summed E-state index contributed by atoms with van der Waals surface area (Å²) in [5, 5.41) is 25.3. The normalized spacial score (nSPS) is 11.3. The minimum Gasteiger partial charge on any atom is -0.456 e. The Balaban J connectivity index is 1.31. The average molecular weight is 613 g/mol. The molecule has 0 atom stereocenters. The van der Waals surface area contributed by atoms with E-state index in [1.807, 2.05) is 109 Å². The number of hydrogen-bond acceptors (Lipinski definition) is 4. The van der Waals surface area contributed by atoms with Gasteiger partial charge >= 0.3 is 0 Å². The van der Waals surface area contributed by atoms with Crippen LogP contribution in [0.2, 0.25) is 0 Å². The van der Waals surface area contributed by atoms with Gasteiger partial charge in [-0.1, -0.05) is 91.0 Å². The average Bonchev–Trinajstić information content (AvgIpc) is 3.72. The van der Waals surface area contributed by atoms with Gasteiger partial charge in [0, 0.05) is 38.2 Å². The first kappa shape index (κ1) is 27.4. The van der Waals surface area contributed by atoms with Crippen LogP contribution >= 0.6 is 0 Å². The summed E-state index contributed by atoms with van der Waals surface area (Å²) in [5.74, 6) is 0. The van der Waals surface area contributed by atoms with E-state index in [9.17, 15) is 10.5 Å². The number of fused-ring (bicyclic) bond motifs is 6. The van der Waals surface area contributed by atoms with Gasteiger partial charge in [-0.2, -0.15) is 10.5 Å². The monoisotopic (exact) mass is 612 g/mol. The fraction of sp³-hybridized carbons (Fsp3) is 0. The minimum absolute atomic E-state index is 0.503. The molecule has 4 heteroatoms. The zero-order chi connectivity index (χ0) is 32.2. The Morgan fingerprint density at radius 2 is 0.896 bits per heavy atom. The topological polar surface area (TPSA) is 73.9 Å². The lowest BCUT2D eigenvalue weighted by Gasteiger charge is -2.16. The van der Waals surface area contributed by atoms with Crippen LogP contribution in [0.3, 0.4) is 0 Å². The van der Waals surface area contributed by atoms with Crippen molar-refractivity contribution in [3.8, 4) is 56.6 Å². The Bertz CT molecular complexity index is 2810. The molecule has 0 saturated heterocycles. The number of rotatable bonds is 4. The molecule has 0 fully saturated rings. The lowest BCUT2D eigenvalue weighted by atomic mass is 9.86. The first-order chi connectivity index (χ1) is 23.7. The van der Waals surface area contributed by atoms with E-state index in [1.54, 1.807) is 0 Å². The summed E-state index contributed by atoms with van der Waals surface area (Å²) in [6.45, 7) is 0. The van der Waals surface area contributed by atoms with Crippen molar-refractivity contribution in [3.63, 3.8) is 0 Å². The second-order valence-electron chi connectivity index (χ2n) is 11.9. The number of nitriles is 2. The summed E-state index contributed by atoms with van der Waals surface area (Å²) in [7, 11) is 0. The standard InChI is InChI=1S/C44H24N2O2/c45-25-32-20-28(27-8-2-1-3-9-27)14-17-33(32)37-24-31(29-15-18-43-38(21-29)34-10-4-6-12-41(34)47-43)23-36(40(37)26-46)30-16-19-44-39(22-30)35-11-5-7-13-42(35)48-44/h1-24H. The van der Waals surface area contributed by atoms with Crippen LogP contribution in [0.1, 0.15) is 11.1 Å². The van der Waals surface area contributed by atoms with Crippen LogP contribution in [0.25, 0.3) is 88.4 Å². The van der Waals surface area contributed by atoms with Gasteiger partial charge < -0.3 is 8.83 Å². The molecule has 9 rings (SSSR count). The van der Waals surface area contributed by atoms with Gasteiger partial charge in [0.15, 0.2) is 0 Å². The maximum absolute atomic E-state index is 10.8. The molecular formula is C44H24N2O2. The molecule has 0 spiro atoms. The van der Waals surface area contributed by atoms with Crippen LogP contribution in [0.4, 0.5) is 0 Å². The van der Waals surface area contributed by atoms with Gasteiger partial charge in [-0.3, -0.25) is 0 Å². The number of benzene rings is 7. The van der Waals surface area contributed by atoms with E-state index < -0.39 is 0 Å². The van der Waals surface area contributed by atoms with Gasteiger partial charge in [-0.05, 0) is 82.4 Å². The molecule has 0 N–H and O–H groups in total. The van der Waals surface area contributed by atoms with Crippen molar-refractivity contribution in [3.05, 3.63) is 157 Å². The van der Waals surface area contributed by atoms with Crippen LogP contribution in [0.5, 0.6) is 0 Å². The van der Waals surface area contributed by atoms with Crippen molar-refractivity contribution in [2.24, 2.45) is 0 Å². The molecule has 7 aromatic carbocycles. The zero-order valence-corrected chi connectivity index (χ0v) is 25.6. The number of hydrogen-bond donors (Lipinski definition) is 0. The molecule has 0 saturated carbocycles. The van der Waals surface area contributed by atoms with Crippen molar-refractivity contribution in [1.29, 1.82) is 10.5 Å². The van der Waals surface area contributed by atoms with Crippen molar-refractivity contribution in [1.82, 2.24) is 0 Å². The third-order valence-corrected chi connectivity index (χ3v) is 9.19. The molecule has 0 aliphatic carbocycles. The summed E-state index contributed by atoms with van der Waals surface area (Å²) >= 11 is 0. The van der Waals surface area contributed by atoms with E-state index >= 15 is 0 Å². The van der Waals surface area contributed by atoms with Crippen LogP contribution in [0, 0.1) is 22.7 Å². The highest BCUT2D eigenvalue weighted by Gasteiger charge is 2.20. The SMILES string of the molecule is N#Cc1cc(-c2ccccc2)ccc1-c1cc(-c2ccc3oc4ccccc4c3c2)cc(-c2ccc3oc4ccccc4c3c2)c1C#N. The molecule has 2 heterocycles. The van der Waals surface area contributed by atoms with Crippen molar-refractivity contribution < 1.29 is 8.83 Å². The lowest BCUT2D eigenvalue weighted by Crippen LogP contribution is -1.95. The highest BCUT2D eigenvalue weighted by atomic mass is 16.3.